The fourth-order valence-electron chi connectivity index (χ4n) is 3.06. The van der Waals surface area contributed by atoms with E-state index in [2.05, 4.69) is 31.1 Å². The standard InChI is InChI=1S/C16H28N2OS/c1-4-17-12(3)14-11-18-16(20-14)15(19-5-2)13-9-7-6-8-10-13/h11-13,15,17H,4-10H2,1-3H3. The summed E-state index contributed by atoms with van der Waals surface area (Å²) in [6.07, 6.45) is 8.91. The summed E-state index contributed by atoms with van der Waals surface area (Å²) in [5.41, 5.74) is 0. The predicted octanol–water partition coefficient (Wildman–Crippen LogP) is 4.47. The molecule has 2 unspecified atom stereocenters. The van der Waals surface area contributed by atoms with Crippen LogP contribution in [0.1, 0.15) is 74.9 Å². The van der Waals surface area contributed by atoms with Crippen molar-refractivity contribution < 1.29 is 4.74 Å². The average Bonchev–Trinajstić information content (AvgIpc) is 2.95. The molecule has 3 nitrogen and oxygen atoms in total. The van der Waals surface area contributed by atoms with Gasteiger partial charge in [-0.15, -0.1) is 11.3 Å². The number of nitrogens with zero attached hydrogens (tertiary/aromatic N) is 1. The van der Waals surface area contributed by atoms with Crippen molar-refractivity contribution in [2.24, 2.45) is 5.92 Å². The molecule has 2 rings (SSSR count). The van der Waals surface area contributed by atoms with Gasteiger partial charge in [-0.1, -0.05) is 26.2 Å². The first-order chi connectivity index (χ1) is 9.76. The van der Waals surface area contributed by atoms with Gasteiger partial charge in [-0.05, 0) is 39.2 Å². The zero-order valence-electron chi connectivity index (χ0n) is 13.0. The maximum atomic E-state index is 6.05. The molecule has 1 aromatic rings. The van der Waals surface area contributed by atoms with Crippen LogP contribution in [0.5, 0.6) is 0 Å². The van der Waals surface area contributed by atoms with E-state index in [-0.39, 0.29) is 6.10 Å². The van der Waals surface area contributed by atoms with Crippen molar-refractivity contribution in [1.29, 1.82) is 0 Å². The molecule has 114 valence electrons. The molecular formula is C16H28N2OS. The van der Waals surface area contributed by atoms with E-state index < -0.39 is 0 Å². The Hall–Kier alpha value is -0.450. The number of ether oxygens (including phenoxy) is 1. The Morgan fingerprint density at radius 3 is 2.75 bits per heavy atom. The smallest absolute Gasteiger partial charge is 0.122 e. The van der Waals surface area contributed by atoms with Gasteiger partial charge in [-0.2, -0.15) is 0 Å². The van der Waals surface area contributed by atoms with Crippen LogP contribution in [0.4, 0.5) is 0 Å². The molecule has 1 aliphatic rings. The molecule has 0 bridgehead atoms. The van der Waals surface area contributed by atoms with Crippen LogP contribution in [0, 0.1) is 5.92 Å². The molecule has 1 heterocycles. The summed E-state index contributed by atoms with van der Waals surface area (Å²) in [6.45, 7) is 8.21. The Bertz CT molecular complexity index is 388. The Labute approximate surface area is 127 Å². The molecule has 1 saturated carbocycles. The maximum Gasteiger partial charge on any atom is 0.122 e. The third-order valence-corrected chi connectivity index (χ3v) is 5.39. The van der Waals surface area contributed by atoms with Gasteiger partial charge in [0, 0.05) is 23.7 Å². The lowest BCUT2D eigenvalue weighted by molar-refractivity contribution is 0.00551. The largest absolute Gasteiger partial charge is 0.371 e. The molecule has 2 atom stereocenters. The highest BCUT2D eigenvalue weighted by Crippen LogP contribution is 2.39. The van der Waals surface area contributed by atoms with E-state index in [0.717, 1.165) is 13.2 Å². The summed E-state index contributed by atoms with van der Waals surface area (Å²) >= 11 is 1.82. The molecule has 1 aliphatic carbocycles. The topological polar surface area (TPSA) is 34.2 Å². The van der Waals surface area contributed by atoms with E-state index in [4.69, 9.17) is 4.74 Å². The summed E-state index contributed by atoms with van der Waals surface area (Å²) < 4.78 is 6.05. The van der Waals surface area contributed by atoms with E-state index in [1.807, 2.05) is 17.5 Å². The minimum absolute atomic E-state index is 0.216. The first kappa shape index (κ1) is 15.9. The third kappa shape index (κ3) is 4.03. The molecule has 0 radical (unpaired) electrons. The Kier molecular flexibility index (Phi) is 6.46. The van der Waals surface area contributed by atoms with Crippen LogP contribution in [0.25, 0.3) is 0 Å². The fourth-order valence-corrected chi connectivity index (χ4v) is 4.15. The second-order valence-electron chi connectivity index (χ2n) is 5.65. The summed E-state index contributed by atoms with van der Waals surface area (Å²) in [4.78, 5) is 5.99. The lowest BCUT2D eigenvalue weighted by Gasteiger charge is -2.28. The number of hydrogen-bond acceptors (Lipinski definition) is 4. The van der Waals surface area contributed by atoms with Gasteiger partial charge in [0.25, 0.3) is 0 Å². The Morgan fingerprint density at radius 2 is 2.10 bits per heavy atom. The van der Waals surface area contributed by atoms with Crippen molar-refractivity contribution in [3.63, 3.8) is 0 Å². The Morgan fingerprint density at radius 1 is 1.35 bits per heavy atom. The number of thiazole rings is 1. The SMILES string of the molecule is CCNC(C)c1cnc(C(OCC)C2CCCCC2)s1. The summed E-state index contributed by atoms with van der Waals surface area (Å²) in [6, 6.07) is 0.389. The highest BCUT2D eigenvalue weighted by atomic mass is 32.1. The van der Waals surface area contributed by atoms with Crippen molar-refractivity contribution in [3.8, 4) is 0 Å². The molecule has 1 N–H and O–H groups in total. The van der Waals surface area contributed by atoms with Crippen LogP contribution in [0.15, 0.2) is 6.20 Å². The van der Waals surface area contributed by atoms with Gasteiger partial charge in [-0.3, -0.25) is 0 Å². The zero-order valence-corrected chi connectivity index (χ0v) is 13.8. The summed E-state index contributed by atoms with van der Waals surface area (Å²) in [5, 5.41) is 4.63. The Balaban J connectivity index is 2.08. The minimum atomic E-state index is 0.216. The number of nitrogens with one attached hydrogen (secondary N) is 1. The molecule has 1 aromatic heterocycles. The van der Waals surface area contributed by atoms with Crippen molar-refractivity contribution in [3.05, 3.63) is 16.1 Å². The number of hydrogen-bond donors (Lipinski definition) is 1. The molecule has 0 amide bonds. The van der Waals surface area contributed by atoms with E-state index in [1.54, 1.807) is 0 Å². The third-order valence-electron chi connectivity index (χ3n) is 4.15. The maximum absolute atomic E-state index is 6.05. The van der Waals surface area contributed by atoms with Gasteiger partial charge in [0.1, 0.15) is 11.1 Å². The van der Waals surface area contributed by atoms with E-state index in [9.17, 15) is 0 Å². The van der Waals surface area contributed by atoms with Gasteiger partial charge in [-0.25, -0.2) is 4.98 Å². The zero-order chi connectivity index (χ0) is 14.4. The van der Waals surface area contributed by atoms with Gasteiger partial charge in [0.15, 0.2) is 0 Å². The van der Waals surface area contributed by atoms with Crippen LogP contribution >= 0.6 is 11.3 Å². The molecule has 0 saturated heterocycles. The highest BCUT2D eigenvalue weighted by Gasteiger charge is 2.28. The lowest BCUT2D eigenvalue weighted by atomic mass is 9.85. The number of rotatable bonds is 7. The van der Waals surface area contributed by atoms with Crippen LogP contribution in [-0.2, 0) is 4.74 Å². The first-order valence-corrected chi connectivity index (χ1v) is 8.88. The molecule has 1 fully saturated rings. The van der Waals surface area contributed by atoms with Crippen LogP contribution in [0.3, 0.4) is 0 Å². The summed E-state index contributed by atoms with van der Waals surface area (Å²) in [5.74, 6) is 0.664. The second-order valence-corrected chi connectivity index (χ2v) is 6.75. The van der Waals surface area contributed by atoms with Crippen LogP contribution < -0.4 is 5.32 Å². The molecular weight excluding hydrogens is 268 g/mol. The van der Waals surface area contributed by atoms with Crippen molar-refractivity contribution in [2.75, 3.05) is 13.2 Å². The van der Waals surface area contributed by atoms with Crippen LogP contribution in [-0.4, -0.2) is 18.1 Å². The fraction of sp³-hybridized carbons (Fsp3) is 0.812. The lowest BCUT2D eigenvalue weighted by Crippen LogP contribution is -2.19. The molecule has 0 aliphatic heterocycles. The normalized spacial score (nSPS) is 19.9. The molecule has 0 aromatic carbocycles. The molecule has 0 spiro atoms. The van der Waals surface area contributed by atoms with Gasteiger partial charge >= 0.3 is 0 Å². The number of aromatic nitrogens is 1. The molecule has 4 heteroatoms. The monoisotopic (exact) mass is 296 g/mol. The first-order valence-electron chi connectivity index (χ1n) is 8.06. The van der Waals surface area contributed by atoms with Crippen molar-refractivity contribution in [1.82, 2.24) is 10.3 Å². The van der Waals surface area contributed by atoms with Gasteiger partial charge in [0.2, 0.25) is 0 Å². The van der Waals surface area contributed by atoms with Gasteiger partial charge < -0.3 is 10.1 Å². The van der Waals surface area contributed by atoms with E-state index >= 15 is 0 Å². The van der Waals surface area contributed by atoms with Crippen molar-refractivity contribution >= 4 is 11.3 Å². The van der Waals surface area contributed by atoms with E-state index in [1.165, 1.54) is 42.0 Å². The quantitative estimate of drug-likeness (QED) is 0.806. The summed E-state index contributed by atoms with van der Waals surface area (Å²) in [7, 11) is 0. The van der Waals surface area contributed by atoms with Gasteiger partial charge in [0.05, 0.1) is 0 Å². The molecule has 20 heavy (non-hydrogen) atoms. The minimum Gasteiger partial charge on any atom is -0.371 e. The van der Waals surface area contributed by atoms with Crippen molar-refractivity contribution in [2.45, 2.75) is 65.0 Å². The van der Waals surface area contributed by atoms with Crippen LogP contribution in [0.2, 0.25) is 0 Å². The average molecular weight is 296 g/mol. The highest BCUT2D eigenvalue weighted by molar-refractivity contribution is 7.11. The second kappa shape index (κ2) is 8.11. The predicted molar refractivity (Wildman–Crippen MR) is 85.1 cm³/mol. The van der Waals surface area contributed by atoms with E-state index in [0.29, 0.717) is 12.0 Å².